The molecule has 0 aromatic heterocycles. The van der Waals surface area contributed by atoms with Crippen molar-refractivity contribution in [1.29, 1.82) is 0 Å². The summed E-state index contributed by atoms with van der Waals surface area (Å²) < 4.78 is 25.7. The summed E-state index contributed by atoms with van der Waals surface area (Å²) in [6.45, 7) is 6.41. The Bertz CT molecular complexity index is 967. The van der Waals surface area contributed by atoms with Crippen molar-refractivity contribution in [3.8, 4) is 22.6 Å². The first-order valence-corrected chi connectivity index (χ1v) is 11.0. The lowest BCUT2D eigenvalue weighted by atomic mass is 9.99. The second-order valence-corrected chi connectivity index (χ2v) is 8.01. The molecule has 161 valence electrons. The fourth-order valence-electron chi connectivity index (χ4n) is 3.94. The zero-order valence-corrected chi connectivity index (χ0v) is 17.8. The molecule has 1 atom stereocenters. The summed E-state index contributed by atoms with van der Waals surface area (Å²) in [4.78, 5) is 0. The molecule has 0 aliphatic carbocycles. The maximum Gasteiger partial charge on any atom is 0.127 e. The van der Waals surface area contributed by atoms with Gasteiger partial charge in [0.25, 0.3) is 0 Å². The summed E-state index contributed by atoms with van der Waals surface area (Å²) in [5.41, 5.74) is 3.62. The molecule has 4 heteroatoms. The summed E-state index contributed by atoms with van der Waals surface area (Å²) in [6.07, 6.45) is 4.71. The zero-order valence-electron chi connectivity index (χ0n) is 17.8. The highest BCUT2D eigenvalue weighted by atomic mass is 19.1. The monoisotopic (exact) mass is 418 g/mol. The predicted molar refractivity (Wildman–Crippen MR) is 123 cm³/mol. The Morgan fingerprint density at radius 1 is 0.968 bits per heavy atom. The number of nitrogens with one attached hydrogen (secondary N) is 1. The van der Waals surface area contributed by atoms with Crippen LogP contribution in [0, 0.1) is 12.7 Å². The first kappa shape index (κ1) is 21.4. The maximum absolute atomic E-state index is 13.4. The highest BCUT2D eigenvalue weighted by Crippen LogP contribution is 2.35. The molecule has 0 spiro atoms. The van der Waals surface area contributed by atoms with Gasteiger partial charge in [0.15, 0.2) is 0 Å². The Balaban J connectivity index is 1.54. The standard InChI is InChI=1S/C27H29FNO2/c1-20-26(22-10-12-23(28)13-11-22)17-25(30-16-14-24-9-5-6-15-29-24)18-27(20)31-19-21-7-3-2-4-8-21/h2-4,7-8,10-13,17-18,24,29H,1,5-6,9,14-16,19H2. The summed E-state index contributed by atoms with van der Waals surface area (Å²) >= 11 is 0. The lowest BCUT2D eigenvalue weighted by Gasteiger charge is -2.23. The van der Waals surface area contributed by atoms with Gasteiger partial charge in [0, 0.05) is 17.7 Å². The molecule has 0 bridgehead atoms. The summed E-state index contributed by atoms with van der Waals surface area (Å²) in [6, 6.07) is 20.9. The maximum atomic E-state index is 13.4. The van der Waals surface area contributed by atoms with E-state index in [2.05, 4.69) is 12.2 Å². The smallest absolute Gasteiger partial charge is 0.127 e. The number of ether oxygens (including phenoxy) is 2. The Hall–Kier alpha value is -2.85. The van der Waals surface area contributed by atoms with Crippen LogP contribution in [-0.2, 0) is 6.61 Å². The molecular formula is C27H29FNO2. The molecule has 3 aromatic carbocycles. The molecule has 1 unspecified atom stereocenters. The summed E-state index contributed by atoms with van der Waals surface area (Å²) in [7, 11) is 0. The van der Waals surface area contributed by atoms with Crippen LogP contribution in [0.5, 0.6) is 11.5 Å². The van der Waals surface area contributed by atoms with E-state index in [9.17, 15) is 4.39 Å². The van der Waals surface area contributed by atoms with Crippen LogP contribution in [0.2, 0.25) is 0 Å². The fourth-order valence-corrected chi connectivity index (χ4v) is 3.94. The molecule has 1 N–H and O–H groups in total. The van der Waals surface area contributed by atoms with Gasteiger partial charge in [-0.2, -0.15) is 0 Å². The van der Waals surface area contributed by atoms with E-state index in [0.717, 1.165) is 41.0 Å². The van der Waals surface area contributed by atoms with Gasteiger partial charge in [0.05, 0.1) is 6.61 Å². The van der Waals surface area contributed by atoms with Crippen LogP contribution in [0.3, 0.4) is 0 Å². The van der Waals surface area contributed by atoms with Gasteiger partial charge in [-0.3, -0.25) is 0 Å². The van der Waals surface area contributed by atoms with E-state index in [0.29, 0.717) is 25.0 Å². The van der Waals surface area contributed by atoms with Crippen molar-refractivity contribution in [2.75, 3.05) is 13.2 Å². The van der Waals surface area contributed by atoms with E-state index in [-0.39, 0.29) is 5.82 Å². The molecular weight excluding hydrogens is 389 g/mol. The summed E-state index contributed by atoms with van der Waals surface area (Å²) in [5, 5.41) is 3.56. The zero-order chi connectivity index (χ0) is 21.5. The van der Waals surface area contributed by atoms with Crippen LogP contribution in [0.15, 0.2) is 66.7 Å². The minimum Gasteiger partial charge on any atom is -0.493 e. The minimum absolute atomic E-state index is 0.262. The van der Waals surface area contributed by atoms with E-state index in [1.807, 2.05) is 42.5 Å². The van der Waals surface area contributed by atoms with E-state index < -0.39 is 0 Å². The third-order valence-electron chi connectivity index (χ3n) is 5.72. The number of benzene rings is 3. The number of halogens is 1. The summed E-state index contributed by atoms with van der Waals surface area (Å²) in [5.74, 6) is 1.16. The molecule has 0 saturated carbocycles. The Labute approximate surface area is 184 Å². The van der Waals surface area contributed by atoms with Crippen molar-refractivity contribution < 1.29 is 13.9 Å². The lowest BCUT2D eigenvalue weighted by molar-refractivity contribution is 0.264. The van der Waals surface area contributed by atoms with Crippen molar-refractivity contribution in [2.24, 2.45) is 0 Å². The highest BCUT2D eigenvalue weighted by Gasteiger charge is 2.15. The van der Waals surface area contributed by atoms with Gasteiger partial charge in [0.2, 0.25) is 0 Å². The first-order valence-electron chi connectivity index (χ1n) is 11.0. The number of hydrogen-bond acceptors (Lipinski definition) is 3. The molecule has 4 rings (SSSR count). The van der Waals surface area contributed by atoms with Crippen LogP contribution in [0.1, 0.15) is 36.8 Å². The molecule has 1 heterocycles. The van der Waals surface area contributed by atoms with E-state index in [4.69, 9.17) is 9.47 Å². The molecule has 1 aliphatic heterocycles. The van der Waals surface area contributed by atoms with E-state index in [1.165, 1.54) is 31.4 Å². The third-order valence-corrected chi connectivity index (χ3v) is 5.72. The van der Waals surface area contributed by atoms with Crippen molar-refractivity contribution >= 4 is 0 Å². The van der Waals surface area contributed by atoms with Gasteiger partial charge in [-0.15, -0.1) is 0 Å². The topological polar surface area (TPSA) is 30.5 Å². The Morgan fingerprint density at radius 3 is 2.52 bits per heavy atom. The SMILES string of the molecule is [CH2]c1c(OCc2ccccc2)cc(OCCC2CCCCN2)cc1-c1ccc(F)cc1. The third kappa shape index (κ3) is 5.86. The van der Waals surface area contributed by atoms with Gasteiger partial charge in [-0.1, -0.05) is 48.9 Å². The van der Waals surface area contributed by atoms with Crippen LogP contribution < -0.4 is 14.8 Å². The highest BCUT2D eigenvalue weighted by molar-refractivity contribution is 5.73. The van der Waals surface area contributed by atoms with Gasteiger partial charge >= 0.3 is 0 Å². The molecule has 1 saturated heterocycles. The quantitative estimate of drug-likeness (QED) is 0.475. The lowest BCUT2D eigenvalue weighted by Crippen LogP contribution is -2.35. The average molecular weight is 419 g/mol. The van der Waals surface area contributed by atoms with Gasteiger partial charge in [0.1, 0.15) is 23.9 Å². The minimum atomic E-state index is -0.262. The molecule has 1 aliphatic rings. The van der Waals surface area contributed by atoms with Gasteiger partial charge in [-0.25, -0.2) is 4.39 Å². The van der Waals surface area contributed by atoms with E-state index >= 15 is 0 Å². The first-order chi connectivity index (χ1) is 15.2. The van der Waals surface area contributed by atoms with Crippen LogP contribution >= 0.6 is 0 Å². The Morgan fingerprint density at radius 2 is 1.77 bits per heavy atom. The van der Waals surface area contributed by atoms with Crippen LogP contribution in [0.4, 0.5) is 4.39 Å². The number of hydrogen-bond donors (Lipinski definition) is 1. The number of rotatable bonds is 8. The van der Waals surface area contributed by atoms with Crippen molar-refractivity contribution in [1.82, 2.24) is 5.32 Å². The van der Waals surface area contributed by atoms with Crippen molar-refractivity contribution in [3.63, 3.8) is 0 Å². The Kier molecular flexibility index (Phi) is 7.21. The predicted octanol–water partition coefficient (Wildman–Crippen LogP) is 6.16. The molecule has 31 heavy (non-hydrogen) atoms. The average Bonchev–Trinajstić information content (AvgIpc) is 2.81. The van der Waals surface area contributed by atoms with E-state index in [1.54, 1.807) is 12.1 Å². The van der Waals surface area contributed by atoms with Crippen LogP contribution in [0.25, 0.3) is 11.1 Å². The molecule has 1 radical (unpaired) electrons. The largest absolute Gasteiger partial charge is 0.493 e. The van der Waals surface area contributed by atoms with Crippen molar-refractivity contribution in [2.45, 2.75) is 38.3 Å². The molecule has 0 amide bonds. The normalized spacial score (nSPS) is 16.1. The molecule has 3 nitrogen and oxygen atoms in total. The molecule has 3 aromatic rings. The second kappa shape index (κ2) is 10.5. The van der Waals surface area contributed by atoms with Gasteiger partial charge < -0.3 is 14.8 Å². The fraction of sp³-hybridized carbons (Fsp3) is 0.296. The van der Waals surface area contributed by atoms with Gasteiger partial charge in [-0.05, 0) is 67.6 Å². The molecule has 1 fully saturated rings. The second-order valence-electron chi connectivity index (χ2n) is 8.01. The van der Waals surface area contributed by atoms with Crippen molar-refractivity contribution in [3.05, 3.63) is 90.6 Å². The number of piperidine rings is 1. The van der Waals surface area contributed by atoms with Crippen LogP contribution in [-0.4, -0.2) is 19.2 Å².